The first-order valence-corrected chi connectivity index (χ1v) is 5.82. The number of piperidine rings is 1. The van der Waals surface area contributed by atoms with E-state index in [0.29, 0.717) is 11.5 Å². The topological polar surface area (TPSA) is 57.0 Å². The molecule has 1 aromatic rings. The molecule has 1 saturated heterocycles. The van der Waals surface area contributed by atoms with E-state index < -0.39 is 0 Å². The Morgan fingerprint density at radius 2 is 2.18 bits per heavy atom. The first kappa shape index (κ1) is 11.6. The van der Waals surface area contributed by atoms with Crippen LogP contribution in [0.25, 0.3) is 0 Å². The summed E-state index contributed by atoms with van der Waals surface area (Å²) in [7, 11) is 0. The molecule has 17 heavy (non-hydrogen) atoms. The van der Waals surface area contributed by atoms with Crippen LogP contribution in [-0.4, -0.2) is 23.9 Å². The van der Waals surface area contributed by atoms with Crippen molar-refractivity contribution in [3.63, 3.8) is 0 Å². The molecule has 0 atom stereocenters. The van der Waals surface area contributed by atoms with Gasteiger partial charge in [-0.1, -0.05) is 0 Å². The summed E-state index contributed by atoms with van der Waals surface area (Å²) in [6, 6.07) is 5.65. The quantitative estimate of drug-likeness (QED) is 0.775. The van der Waals surface area contributed by atoms with Crippen LogP contribution in [0.15, 0.2) is 18.3 Å². The van der Waals surface area contributed by atoms with Gasteiger partial charge in [0.1, 0.15) is 17.5 Å². The van der Waals surface area contributed by atoms with Crippen LogP contribution in [0.4, 0.5) is 5.69 Å². The number of carbonyl (C=O) groups is 1. The summed E-state index contributed by atoms with van der Waals surface area (Å²) < 4.78 is 0. The van der Waals surface area contributed by atoms with E-state index in [-0.39, 0.29) is 5.92 Å². The maximum absolute atomic E-state index is 11.3. The summed E-state index contributed by atoms with van der Waals surface area (Å²) in [5, 5.41) is 8.67. The number of aromatic nitrogens is 1. The summed E-state index contributed by atoms with van der Waals surface area (Å²) in [6.45, 7) is 3.44. The van der Waals surface area contributed by atoms with Gasteiger partial charge >= 0.3 is 0 Å². The van der Waals surface area contributed by atoms with Crippen molar-refractivity contribution in [2.75, 3.05) is 18.0 Å². The summed E-state index contributed by atoms with van der Waals surface area (Å²) in [6.07, 6.45) is 3.55. The van der Waals surface area contributed by atoms with Gasteiger partial charge in [-0.15, -0.1) is 0 Å². The molecule has 0 unspecified atom stereocenters. The minimum absolute atomic E-state index is 0.220. The third-order valence-corrected chi connectivity index (χ3v) is 3.30. The summed E-state index contributed by atoms with van der Waals surface area (Å²) in [5.74, 6) is 0.514. The third-order valence-electron chi connectivity index (χ3n) is 3.30. The van der Waals surface area contributed by atoms with Gasteiger partial charge in [-0.2, -0.15) is 5.26 Å². The van der Waals surface area contributed by atoms with E-state index in [2.05, 4.69) is 9.88 Å². The molecule has 0 saturated carbocycles. The smallest absolute Gasteiger partial charge is 0.140 e. The first-order valence-electron chi connectivity index (χ1n) is 5.82. The fraction of sp³-hybridized carbons (Fsp3) is 0.462. The number of anilines is 1. The van der Waals surface area contributed by atoms with Crippen LogP contribution in [0.1, 0.15) is 25.5 Å². The van der Waals surface area contributed by atoms with Crippen molar-refractivity contribution in [2.24, 2.45) is 5.92 Å². The highest BCUT2D eigenvalue weighted by molar-refractivity contribution is 5.78. The molecule has 0 bridgehead atoms. The van der Waals surface area contributed by atoms with Crippen LogP contribution in [0.2, 0.25) is 0 Å². The lowest BCUT2D eigenvalue weighted by Gasteiger charge is -2.32. The van der Waals surface area contributed by atoms with E-state index in [1.165, 1.54) is 0 Å². The molecule has 0 amide bonds. The molecular weight excluding hydrogens is 214 g/mol. The second-order valence-electron chi connectivity index (χ2n) is 4.39. The second-order valence-corrected chi connectivity index (χ2v) is 4.39. The number of Topliss-reactive ketones (excluding diaryl/α,β-unsaturated/α-hetero) is 1. The Kier molecular flexibility index (Phi) is 3.38. The molecular formula is C13H15N3O. The van der Waals surface area contributed by atoms with E-state index in [0.717, 1.165) is 31.6 Å². The third kappa shape index (κ3) is 2.62. The summed E-state index contributed by atoms with van der Waals surface area (Å²) in [5.41, 5.74) is 1.47. The first-order chi connectivity index (χ1) is 8.20. The van der Waals surface area contributed by atoms with Gasteiger partial charge < -0.3 is 4.90 Å². The molecule has 1 fully saturated rings. The SMILES string of the molecule is CC(=O)C1CCN(c2ccc(C#N)nc2)CC1. The minimum Gasteiger partial charge on any atom is -0.370 e. The molecule has 0 aliphatic carbocycles. The standard InChI is InChI=1S/C13H15N3O/c1-10(17)11-4-6-16(7-5-11)13-3-2-12(8-14)15-9-13/h2-3,9,11H,4-7H2,1H3. The van der Waals surface area contributed by atoms with Gasteiger partial charge in [-0.3, -0.25) is 4.79 Å². The molecule has 1 aromatic heterocycles. The molecule has 1 aliphatic rings. The van der Waals surface area contributed by atoms with Gasteiger partial charge in [0.25, 0.3) is 0 Å². The molecule has 0 N–H and O–H groups in total. The van der Waals surface area contributed by atoms with Crippen molar-refractivity contribution in [1.29, 1.82) is 5.26 Å². The lowest BCUT2D eigenvalue weighted by Crippen LogP contribution is -2.35. The highest BCUT2D eigenvalue weighted by Crippen LogP contribution is 2.23. The van der Waals surface area contributed by atoms with Crippen LogP contribution in [0, 0.1) is 17.2 Å². The van der Waals surface area contributed by atoms with Gasteiger partial charge in [0.2, 0.25) is 0 Å². The predicted octanol–water partition coefficient (Wildman–Crippen LogP) is 1.76. The van der Waals surface area contributed by atoms with Gasteiger partial charge in [-0.25, -0.2) is 4.98 Å². The largest absolute Gasteiger partial charge is 0.370 e. The van der Waals surface area contributed by atoms with Gasteiger partial charge in [-0.05, 0) is 31.9 Å². The van der Waals surface area contributed by atoms with Crippen molar-refractivity contribution in [3.8, 4) is 6.07 Å². The Bertz CT molecular complexity index is 439. The highest BCUT2D eigenvalue weighted by atomic mass is 16.1. The number of rotatable bonds is 2. The van der Waals surface area contributed by atoms with Crippen molar-refractivity contribution in [1.82, 2.24) is 4.98 Å². The van der Waals surface area contributed by atoms with Gasteiger partial charge in [0.15, 0.2) is 0 Å². The fourth-order valence-corrected chi connectivity index (χ4v) is 2.18. The molecule has 4 nitrogen and oxygen atoms in total. The lowest BCUT2D eigenvalue weighted by atomic mass is 9.93. The molecule has 1 aliphatic heterocycles. The van der Waals surface area contributed by atoms with Gasteiger partial charge in [0.05, 0.1) is 11.9 Å². The second kappa shape index (κ2) is 4.96. The molecule has 2 heterocycles. The monoisotopic (exact) mass is 229 g/mol. The van der Waals surface area contributed by atoms with Crippen molar-refractivity contribution in [2.45, 2.75) is 19.8 Å². The molecule has 4 heteroatoms. The Hall–Kier alpha value is -1.89. The Morgan fingerprint density at radius 1 is 1.47 bits per heavy atom. The van der Waals surface area contributed by atoms with Gasteiger partial charge in [0, 0.05) is 19.0 Å². The molecule has 88 valence electrons. The van der Waals surface area contributed by atoms with E-state index in [9.17, 15) is 4.79 Å². The zero-order valence-electron chi connectivity index (χ0n) is 9.89. The number of hydrogen-bond acceptors (Lipinski definition) is 4. The summed E-state index contributed by atoms with van der Waals surface area (Å²) >= 11 is 0. The summed E-state index contributed by atoms with van der Waals surface area (Å²) in [4.78, 5) is 17.5. The van der Waals surface area contributed by atoms with Crippen molar-refractivity contribution < 1.29 is 4.79 Å². The zero-order chi connectivity index (χ0) is 12.3. The zero-order valence-corrected chi connectivity index (χ0v) is 9.89. The molecule has 0 radical (unpaired) electrons. The molecule has 2 rings (SSSR count). The van der Waals surface area contributed by atoms with Crippen LogP contribution in [0.3, 0.4) is 0 Å². The Morgan fingerprint density at radius 3 is 2.65 bits per heavy atom. The number of carbonyl (C=O) groups excluding carboxylic acids is 1. The van der Waals surface area contributed by atoms with Crippen LogP contribution < -0.4 is 4.90 Å². The average Bonchev–Trinajstić information content (AvgIpc) is 2.39. The minimum atomic E-state index is 0.220. The fourth-order valence-electron chi connectivity index (χ4n) is 2.18. The van der Waals surface area contributed by atoms with E-state index >= 15 is 0 Å². The Labute approximate surface area is 101 Å². The Balaban J connectivity index is 2.00. The highest BCUT2D eigenvalue weighted by Gasteiger charge is 2.22. The number of hydrogen-bond donors (Lipinski definition) is 0. The average molecular weight is 229 g/mol. The van der Waals surface area contributed by atoms with Crippen molar-refractivity contribution >= 4 is 11.5 Å². The number of ketones is 1. The van der Waals surface area contributed by atoms with E-state index in [1.807, 2.05) is 12.1 Å². The normalized spacial score (nSPS) is 16.6. The maximum atomic E-state index is 11.3. The molecule has 0 spiro atoms. The maximum Gasteiger partial charge on any atom is 0.140 e. The van der Waals surface area contributed by atoms with E-state index in [1.54, 1.807) is 19.2 Å². The molecule has 0 aromatic carbocycles. The van der Waals surface area contributed by atoms with Crippen LogP contribution in [0.5, 0.6) is 0 Å². The number of nitrogens with zero attached hydrogens (tertiary/aromatic N) is 3. The van der Waals surface area contributed by atoms with Crippen LogP contribution >= 0.6 is 0 Å². The van der Waals surface area contributed by atoms with E-state index in [4.69, 9.17) is 5.26 Å². The predicted molar refractivity (Wildman–Crippen MR) is 64.6 cm³/mol. The van der Waals surface area contributed by atoms with Crippen LogP contribution in [-0.2, 0) is 4.79 Å². The lowest BCUT2D eigenvalue weighted by molar-refractivity contribution is -0.121. The number of nitriles is 1. The number of pyridine rings is 1. The van der Waals surface area contributed by atoms with Crippen molar-refractivity contribution in [3.05, 3.63) is 24.0 Å².